The topological polar surface area (TPSA) is 166 Å². The fraction of sp³-hybridized carbons (Fsp3) is 0.462. The monoisotopic (exact) mass is 642 g/mol. The molecule has 4 N–H and O–H groups in total. The Hall–Kier alpha value is -3.30. The van der Waals surface area contributed by atoms with Gasteiger partial charge in [-0.05, 0) is 61.4 Å². The highest BCUT2D eigenvalue weighted by atomic mass is 32.2. The Labute approximate surface area is 248 Å². The molecule has 0 bridgehead atoms. The van der Waals surface area contributed by atoms with E-state index in [4.69, 9.17) is 12.5 Å². The molecule has 2 aliphatic heterocycles. The van der Waals surface area contributed by atoms with Crippen LogP contribution in [-0.4, -0.2) is 78.1 Å². The largest absolute Gasteiger partial charge is 0.469 e. The third-order valence-corrected chi connectivity index (χ3v) is 9.38. The van der Waals surface area contributed by atoms with Gasteiger partial charge in [0.1, 0.15) is 5.82 Å². The number of anilines is 4. The number of hydrogen-bond acceptors (Lipinski definition) is 8. The van der Waals surface area contributed by atoms with Gasteiger partial charge in [-0.1, -0.05) is 0 Å². The summed E-state index contributed by atoms with van der Waals surface area (Å²) in [5.74, 6) is -4.37. The van der Waals surface area contributed by atoms with Crippen LogP contribution in [0.25, 0.3) is 5.52 Å². The Balaban J connectivity index is 1.27. The van der Waals surface area contributed by atoms with Crippen LogP contribution >= 0.6 is 7.82 Å². The highest BCUT2D eigenvalue weighted by Gasteiger charge is 2.45. The number of carbonyl (C=O) groups excluding carboxylic acids is 1. The number of fused-ring (bicyclic) bond motifs is 1. The number of alkyl halides is 2. The molecule has 1 saturated carbocycles. The second-order valence-electron chi connectivity index (χ2n) is 11.2. The smallest absolute Gasteiger partial charge is 0.371 e. The highest BCUT2D eigenvalue weighted by molar-refractivity contribution is 7.92. The molecule has 1 aliphatic carbocycles. The van der Waals surface area contributed by atoms with Gasteiger partial charge < -0.3 is 24.9 Å². The molecule has 3 aromatic rings. The predicted molar refractivity (Wildman–Crippen MR) is 155 cm³/mol. The summed E-state index contributed by atoms with van der Waals surface area (Å²) in [6.07, 6.45) is 5.58. The Bertz CT molecular complexity index is 1800. The van der Waals surface area contributed by atoms with Crippen molar-refractivity contribution in [3.05, 3.63) is 48.2 Å². The average molecular weight is 643 g/mol. The number of aromatic nitrogens is 2. The maximum Gasteiger partial charge on any atom is 0.469 e. The molecule has 0 radical (unpaired) electrons. The van der Waals surface area contributed by atoms with E-state index in [-0.39, 0.29) is 11.3 Å². The summed E-state index contributed by atoms with van der Waals surface area (Å²) in [7, 11) is -9.83. The lowest BCUT2D eigenvalue weighted by Gasteiger charge is -2.40. The molecule has 3 fully saturated rings. The van der Waals surface area contributed by atoms with Gasteiger partial charge in [0.2, 0.25) is 10.0 Å². The molecule has 4 heterocycles. The number of rotatable bonds is 10. The van der Waals surface area contributed by atoms with Crippen molar-refractivity contribution < 1.29 is 43.6 Å². The SMILES string of the molecule is [2H]C([2H])(CS(=O)(=O)Nc1ccc(C(=O)Nc2cc(N3CC(F)(F)C3)n3nccc3c2)c(N2CCC3(CC2)CC3)c1)OP(=O)(O)O. The van der Waals surface area contributed by atoms with Crippen molar-refractivity contribution in [2.24, 2.45) is 5.41 Å². The molecular weight excluding hydrogens is 609 g/mol. The van der Waals surface area contributed by atoms with Crippen LogP contribution in [0.15, 0.2) is 42.6 Å². The minimum absolute atomic E-state index is 0.00177. The molecule has 1 spiro atoms. The maximum atomic E-state index is 13.7. The zero-order chi connectivity index (χ0) is 32.4. The van der Waals surface area contributed by atoms with Crippen LogP contribution in [0.3, 0.4) is 0 Å². The number of hydrogen-bond donors (Lipinski definition) is 4. The molecule has 17 heteroatoms. The highest BCUT2D eigenvalue weighted by Crippen LogP contribution is 2.54. The van der Waals surface area contributed by atoms with E-state index >= 15 is 0 Å². The fourth-order valence-corrected chi connectivity index (χ4v) is 6.63. The van der Waals surface area contributed by atoms with Gasteiger partial charge in [0, 0.05) is 24.8 Å². The Morgan fingerprint density at radius 2 is 1.79 bits per heavy atom. The lowest BCUT2D eigenvalue weighted by atomic mass is 9.93. The van der Waals surface area contributed by atoms with Gasteiger partial charge in [-0.15, -0.1) is 0 Å². The third kappa shape index (κ3) is 6.78. The fourth-order valence-electron chi connectivity index (χ4n) is 5.54. The second-order valence-corrected chi connectivity index (χ2v) is 14.1. The molecule has 2 aromatic heterocycles. The van der Waals surface area contributed by atoms with Crippen molar-refractivity contribution in [2.75, 3.05) is 58.3 Å². The summed E-state index contributed by atoms with van der Waals surface area (Å²) in [6, 6.07) is 9.07. The minimum atomic E-state index is -5.32. The van der Waals surface area contributed by atoms with Crippen molar-refractivity contribution in [1.29, 1.82) is 0 Å². The zero-order valence-corrected chi connectivity index (χ0v) is 24.5. The predicted octanol–water partition coefficient (Wildman–Crippen LogP) is 3.27. The first kappa shape index (κ1) is 27.3. The number of amides is 1. The van der Waals surface area contributed by atoms with Crippen molar-refractivity contribution in [2.45, 2.75) is 31.6 Å². The molecule has 1 amide bonds. The van der Waals surface area contributed by atoms with E-state index in [1.807, 2.05) is 4.90 Å². The Morgan fingerprint density at radius 1 is 1.07 bits per heavy atom. The summed E-state index contributed by atoms with van der Waals surface area (Å²) in [5.41, 5.74) is 1.86. The van der Waals surface area contributed by atoms with Gasteiger partial charge in [0.25, 0.3) is 11.8 Å². The minimum Gasteiger partial charge on any atom is -0.371 e. The quantitative estimate of drug-likeness (QED) is 0.241. The van der Waals surface area contributed by atoms with E-state index in [1.165, 1.54) is 33.8 Å². The van der Waals surface area contributed by atoms with E-state index in [9.17, 15) is 26.6 Å². The number of benzene rings is 1. The van der Waals surface area contributed by atoms with Gasteiger partial charge in [-0.25, -0.2) is 26.3 Å². The van der Waals surface area contributed by atoms with Crippen molar-refractivity contribution >= 4 is 52.1 Å². The van der Waals surface area contributed by atoms with E-state index in [1.54, 1.807) is 18.2 Å². The molecular formula is C26H31F2N6O7PS. The van der Waals surface area contributed by atoms with Gasteiger partial charge in [0.05, 0.1) is 56.8 Å². The molecule has 1 aromatic carbocycles. The number of phosphoric acid groups is 1. The number of nitrogens with one attached hydrogen (secondary N) is 2. The molecule has 3 aliphatic rings. The van der Waals surface area contributed by atoms with Crippen LogP contribution in [0.5, 0.6) is 0 Å². The van der Waals surface area contributed by atoms with Crippen LogP contribution in [0.4, 0.5) is 31.7 Å². The lowest BCUT2D eigenvalue weighted by Crippen LogP contribution is -2.57. The van der Waals surface area contributed by atoms with Gasteiger partial charge in [0.15, 0.2) is 0 Å². The first-order valence-electron chi connectivity index (χ1n) is 14.5. The van der Waals surface area contributed by atoms with Crippen molar-refractivity contribution in [3.8, 4) is 0 Å². The second kappa shape index (κ2) is 10.7. The van der Waals surface area contributed by atoms with Crippen molar-refractivity contribution in [1.82, 2.24) is 9.61 Å². The standard InChI is InChI=1S/C26H31F2N6O7PS/c27-26(28)16-33(17-26)23-15-19(13-20-3-8-29-34(20)23)30-24(35)21-2-1-18(31-43(39,40)12-11-41-42(36,37)38)14-22(21)32-9-6-25(4-5-25)7-10-32/h1-3,8,13-15,31H,4-7,9-12,16-17H2,(H,30,35)(H2,36,37,38)/i11D2. The first-order chi connectivity index (χ1) is 20.9. The molecule has 43 heavy (non-hydrogen) atoms. The van der Waals surface area contributed by atoms with Crippen molar-refractivity contribution in [3.63, 3.8) is 0 Å². The summed E-state index contributed by atoms with van der Waals surface area (Å²) in [4.78, 5) is 35.0. The van der Waals surface area contributed by atoms with Crippen LogP contribution < -0.4 is 19.8 Å². The summed E-state index contributed by atoms with van der Waals surface area (Å²) >= 11 is 0. The summed E-state index contributed by atoms with van der Waals surface area (Å²) in [5, 5.41) is 7.04. The van der Waals surface area contributed by atoms with E-state index in [0.29, 0.717) is 41.2 Å². The molecule has 6 rings (SSSR count). The molecule has 2 saturated heterocycles. The number of carbonyl (C=O) groups is 1. The van der Waals surface area contributed by atoms with Crippen LogP contribution in [0, 0.1) is 5.41 Å². The lowest BCUT2D eigenvalue weighted by molar-refractivity contribution is -0.0269. The van der Waals surface area contributed by atoms with E-state index < -0.39 is 55.1 Å². The number of halogens is 2. The van der Waals surface area contributed by atoms with Gasteiger partial charge in [-0.3, -0.25) is 14.0 Å². The Kier molecular flexibility index (Phi) is 6.78. The van der Waals surface area contributed by atoms with Gasteiger partial charge >= 0.3 is 7.82 Å². The van der Waals surface area contributed by atoms with E-state index in [2.05, 4.69) is 19.7 Å². The Morgan fingerprint density at radius 3 is 2.44 bits per heavy atom. The van der Waals surface area contributed by atoms with Crippen LogP contribution in [-0.2, 0) is 19.1 Å². The average Bonchev–Trinajstić information content (AvgIpc) is 3.46. The normalized spacial score (nSPS) is 20.4. The summed E-state index contributed by atoms with van der Waals surface area (Å²) < 4.78 is 86.7. The first-order valence-corrected chi connectivity index (χ1v) is 16.7. The van der Waals surface area contributed by atoms with Crippen LogP contribution in [0.1, 0.15) is 38.8 Å². The number of phosphoric ester groups is 1. The maximum absolute atomic E-state index is 13.7. The third-order valence-electron chi connectivity index (χ3n) is 7.97. The molecule has 232 valence electrons. The van der Waals surface area contributed by atoms with Crippen LogP contribution in [0.2, 0.25) is 0 Å². The number of nitrogens with zero attached hydrogens (tertiary/aromatic N) is 4. The molecule has 13 nitrogen and oxygen atoms in total. The molecule has 0 atom stereocenters. The molecule has 0 unspecified atom stereocenters. The summed E-state index contributed by atoms with van der Waals surface area (Å²) in [6.45, 7) is -2.93. The number of pyridine rings is 1. The zero-order valence-electron chi connectivity index (χ0n) is 24.7. The van der Waals surface area contributed by atoms with Gasteiger partial charge in [-0.2, -0.15) is 5.10 Å². The number of piperidine rings is 1. The number of sulfonamides is 1. The van der Waals surface area contributed by atoms with E-state index in [0.717, 1.165) is 25.7 Å².